The molecule has 1 aromatic heterocycles. The molecule has 1 unspecified atom stereocenters. The van der Waals surface area contributed by atoms with Gasteiger partial charge >= 0.3 is 0 Å². The van der Waals surface area contributed by atoms with E-state index < -0.39 is 0 Å². The van der Waals surface area contributed by atoms with Crippen LogP contribution in [0.3, 0.4) is 0 Å². The molecule has 0 radical (unpaired) electrons. The van der Waals surface area contributed by atoms with Crippen molar-refractivity contribution in [3.63, 3.8) is 0 Å². The number of rotatable bonds is 3. The van der Waals surface area contributed by atoms with E-state index in [1.807, 2.05) is 25.0 Å². The lowest BCUT2D eigenvalue weighted by Crippen LogP contribution is -2.26. The Bertz CT molecular complexity index is 195. The van der Waals surface area contributed by atoms with Crippen LogP contribution in [0.1, 0.15) is 11.7 Å². The van der Waals surface area contributed by atoms with Crippen molar-refractivity contribution in [1.82, 2.24) is 9.88 Å². The van der Waals surface area contributed by atoms with E-state index in [0.29, 0.717) is 0 Å². The van der Waals surface area contributed by atoms with Crippen LogP contribution >= 0.6 is 11.3 Å². The van der Waals surface area contributed by atoms with Gasteiger partial charge in [0.1, 0.15) is 0 Å². The van der Waals surface area contributed by atoms with Gasteiger partial charge in [0, 0.05) is 11.9 Å². The topological polar surface area (TPSA) is 42.1 Å². The summed E-state index contributed by atoms with van der Waals surface area (Å²) in [5.41, 5.74) is 8.64. The monoisotopic (exact) mass is 171 g/mol. The Hall–Kier alpha value is -0.450. The number of aromatic nitrogens is 1. The van der Waals surface area contributed by atoms with Gasteiger partial charge < -0.3 is 10.6 Å². The third-order valence-electron chi connectivity index (χ3n) is 1.39. The predicted molar refractivity (Wildman–Crippen MR) is 47.6 cm³/mol. The van der Waals surface area contributed by atoms with Crippen molar-refractivity contribution in [2.24, 2.45) is 5.73 Å². The average Bonchev–Trinajstić information content (AvgIpc) is 2.35. The molecule has 0 fully saturated rings. The summed E-state index contributed by atoms with van der Waals surface area (Å²) in [6, 6.07) is 0.0521. The van der Waals surface area contributed by atoms with Crippen molar-refractivity contribution in [2.75, 3.05) is 20.6 Å². The molecular weight excluding hydrogens is 158 g/mol. The molecule has 0 aliphatic carbocycles. The highest BCUT2D eigenvalue weighted by Crippen LogP contribution is 2.09. The zero-order valence-corrected chi connectivity index (χ0v) is 7.64. The summed E-state index contributed by atoms with van der Waals surface area (Å²) in [4.78, 5) is 6.20. The summed E-state index contributed by atoms with van der Waals surface area (Å²) in [5.74, 6) is 0. The maximum atomic E-state index is 5.84. The minimum Gasteiger partial charge on any atom is -0.322 e. The molecule has 2 N–H and O–H groups in total. The molecule has 0 spiro atoms. The van der Waals surface area contributed by atoms with Gasteiger partial charge in [-0.05, 0) is 14.1 Å². The molecule has 0 saturated carbocycles. The number of thiazole rings is 1. The zero-order chi connectivity index (χ0) is 8.27. The molecule has 62 valence electrons. The van der Waals surface area contributed by atoms with Crippen LogP contribution in [0.2, 0.25) is 0 Å². The maximum Gasteiger partial charge on any atom is 0.0795 e. The van der Waals surface area contributed by atoms with E-state index >= 15 is 0 Å². The maximum absolute atomic E-state index is 5.84. The smallest absolute Gasteiger partial charge is 0.0795 e. The quantitative estimate of drug-likeness (QED) is 0.728. The average molecular weight is 171 g/mol. The van der Waals surface area contributed by atoms with Crippen molar-refractivity contribution in [3.05, 3.63) is 16.6 Å². The van der Waals surface area contributed by atoms with Crippen LogP contribution in [0.15, 0.2) is 10.9 Å². The molecule has 0 bridgehead atoms. The molecule has 0 aliphatic rings. The Kier molecular flexibility index (Phi) is 2.99. The molecular formula is C7H13N3S. The van der Waals surface area contributed by atoms with Crippen LogP contribution in [0.4, 0.5) is 0 Å². The predicted octanol–water partition coefficient (Wildman–Crippen LogP) is 0.705. The lowest BCUT2D eigenvalue weighted by Gasteiger charge is -2.14. The van der Waals surface area contributed by atoms with E-state index in [2.05, 4.69) is 9.88 Å². The Morgan fingerprint density at radius 3 is 2.91 bits per heavy atom. The van der Waals surface area contributed by atoms with Gasteiger partial charge in [0.2, 0.25) is 0 Å². The van der Waals surface area contributed by atoms with E-state index in [4.69, 9.17) is 5.73 Å². The molecule has 1 rings (SSSR count). The summed E-state index contributed by atoms with van der Waals surface area (Å²) in [6.07, 6.45) is 0. The lowest BCUT2D eigenvalue weighted by atomic mass is 10.2. The fourth-order valence-corrected chi connectivity index (χ4v) is 1.51. The van der Waals surface area contributed by atoms with Crippen LogP contribution < -0.4 is 5.73 Å². The summed E-state index contributed by atoms with van der Waals surface area (Å²) in [6.45, 7) is 0.851. The Morgan fingerprint density at radius 2 is 2.45 bits per heavy atom. The largest absolute Gasteiger partial charge is 0.322 e. The minimum atomic E-state index is 0.0521. The van der Waals surface area contributed by atoms with E-state index in [0.717, 1.165) is 12.2 Å². The molecule has 1 heterocycles. The van der Waals surface area contributed by atoms with Crippen molar-refractivity contribution < 1.29 is 0 Å². The number of nitrogens with two attached hydrogens (primary N) is 1. The van der Waals surface area contributed by atoms with Gasteiger partial charge in [0.05, 0.1) is 17.2 Å². The van der Waals surface area contributed by atoms with Crippen molar-refractivity contribution in [3.8, 4) is 0 Å². The first-order chi connectivity index (χ1) is 5.20. The van der Waals surface area contributed by atoms with Crippen LogP contribution in [0, 0.1) is 0 Å². The summed E-state index contributed by atoms with van der Waals surface area (Å²) in [7, 11) is 4.01. The number of hydrogen-bond donors (Lipinski definition) is 1. The summed E-state index contributed by atoms with van der Waals surface area (Å²) < 4.78 is 0. The number of hydrogen-bond acceptors (Lipinski definition) is 4. The highest BCUT2D eigenvalue weighted by atomic mass is 32.1. The second kappa shape index (κ2) is 3.80. The van der Waals surface area contributed by atoms with Gasteiger partial charge in [0.25, 0.3) is 0 Å². The lowest BCUT2D eigenvalue weighted by molar-refractivity contribution is 0.374. The Morgan fingerprint density at radius 1 is 1.73 bits per heavy atom. The number of nitrogens with zero attached hydrogens (tertiary/aromatic N) is 2. The second-order valence-corrected chi connectivity index (χ2v) is 3.50. The molecule has 0 aliphatic heterocycles. The number of likely N-dealkylation sites (N-methyl/N-ethyl adjacent to an activating group) is 1. The summed E-state index contributed by atoms with van der Waals surface area (Å²) >= 11 is 1.59. The van der Waals surface area contributed by atoms with Crippen LogP contribution in [0.25, 0.3) is 0 Å². The SMILES string of the molecule is CN(C)CC(N)c1cscn1. The third kappa shape index (κ3) is 2.57. The van der Waals surface area contributed by atoms with Gasteiger partial charge in [-0.2, -0.15) is 0 Å². The molecule has 1 aromatic rings. The zero-order valence-electron chi connectivity index (χ0n) is 6.82. The van der Waals surface area contributed by atoms with Crippen molar-refractivity contribution >= 4 is 11.3 Å². The fourth-order valence-electron chi connectivity index (χ4n) is 0.892. The standard InChI is InChI=1S/C7H13N3S/c1-10(2)3-6(8)7-4-11-5-9-7/h4-6H,3,8H2,1-2H3. The van der Waals surface area contributed by atoms with E-state index in [1.54, 1.807) is 11.3 Å². The third-order valence-corrected chi connectivity index (χ3v) is 2.00. The van der Waals surface area contributed by atoms with Crippen LogP contribution in [-0.2, 0) is 0 Å². The van der Waals surface area contributed by atoms with Gasteiger partial charge in [-0.3, -0.25) is 0 Å². The van der Waals surface area contributed by atoms with Crippen LogP contribution in [0.5, 0.6) is 0 Å². The molecule has 11 heavy (non-hydrogen) atoms. The van der Waals surface area contributed by atoms with Crippen molar-refractivity contribution in [2.45, 2.75) is 6.04 Å². The van der Waals surface area contributed by atoms with Crippen LogP contribution in [-0.4, -0.2) is 30.5 Å². The highest BCUT2D eigenvalue weighted by molar-refractivity contribution is 7.07. The molecule has 4 heteroatoms. The Balaban J connectivity index is 2.49. The minimum absolute atomic E-state index is 0.0521. The second-order valence-electron chi connectivity index (χ2n) is 2.78. The first-order valence-electron chi connectivity index (χ1n) is 3.48. The van der Waals surface area contributed by atoms with E-state index in [9.17, 15) is 0 Å². The molecule has 0 aromatic carbocycles. The first kappa shape index (κ1) is 8.64. The normalized spacial score (nSPS) is 13.8. The first-order valence-corrected chi connectivity index (χ1v) is 4.43. The van der Waals surface area contributed by atoms with E-state index in [-0.39, 0.29) is 6.04 Å². The highest BCUT2D eigenvalue weighted by Gasteiger charge is 2.07. The molecule has 1 atom stereocenters. The molecule has 3 nitrogen and oxygen atoms in total. The van der Waals surface area contributed by atoms with Gasteiger partial charge in [-0.25, -0.2) is 4.98 Å². The van der Waals surface area contributed by atoms with Crippen molar-refractivity contribution in [1.29, 1.82) is 0 Å². The van der Waals surface area contributed by atoms with Gasteiger partial charge in [-0.15, -0.1) is 11.3 Å². The van der Waals surface area contributed by atoms with Gasteiger partial charge in [0.15, 0.2) is 0 Å². The molecule has 0 saturated heterocycles. The Labute approximate surface area is 70.9 Å². The molecule has 0 amide bonds. The van der Waals surface area contributed by atoms with E-state index in [1.165, 1.54) is 0 Å². The summed E-state index contributed by atoms with van der Waals surface area (Å²) in [5, 5.41) is 1.99. The fraction of sp³-hybridized carbons (Fsp3) is 0.571. The van der Waals surface area contributed by atoms with Gasteiger partial charge in [-0.1, -0.05) is 0 Å².